The Hall–Kier alpha value is -3.27. The van der Waals surface area contributed by atoms with Gasteiger partial charge in [-0.3, -0.25) is 19.0 Å². The summed E-state index contributed by atoms with van der Waals surface area (Å²) >= 11 is 1.31. The molecule has 0 bridgehead atoms. The molecule has 184 valence electrons. The SMILES string of the molecule is CCN(Cc1ccccc1)C(=O)Cn1cnc2nc(N3CCC(C(=O)NC4CC4)CC3)sc2c1=O. The fourth-order valence-electron chi connectivity index (χ4n) is 4.39. The first kappa shape index (κ1) is 23.5. The molecule has 1 N–H and O–H groups in total. The van der Waals surface area contributed by atoms with Crippen LogP contribution in [-0.2, 0) is 22.7 Å². The van der Waals surface area contributed by atoms with Crippen LogP contribution in [0.5, 0.6) is 0 Å². The average Bonchev–Trinajstić information content (AvgIpc) is 3.59. The highest BCUT2D eigenvalue weighted by atomic mass is 32.1. The largest absolute Gasteiger partial charge is 0.353 e. The van der Waals surface area contributed by atoms with Gasteiger partial charge in [0.2, 0.25) is 11.8 Å². The molecule has 35 heavy (non-hydrogen) atoms. The van der Waals surface area contributed by atoms with E-state index in [2.05, 4.69) is 20.2 Å². The molecule has 9 nitrogen and oxygen atoms in total. The lowest BCUT2D eigenvalue weighted by Crippen LogP contribution is -2.41. The lowest BCUT2D eigenvalue weighted by molar-refractivity contribution is -0.132. The summed E-state index contributed by atoms with van der Waals surface area (Å²) in [5.41, 5.74) is 1.20. The molecule has 3 aromatic rings. The van der Waals surface area contributed by atoms with E-state index < -0.39 is 0 Å². The fraction of sp³-hybridized carbons (Fsp3) is 0.480. The Morgan fingerprint density at radius 1 is 1.14 bits per heavy atom. The predicted octanol–water partition coefficient (Wildman–Crippen LogP) is 2.40. The zero-order chi connectivity index (χ0) is 24.4. The van der Waals surface area contributed by atoms with Crippen molar-refractivity contribution in [2.75, 3.05) is 24.5 Å². The summed E-state index contributed by atoms with van der Waals surface area (Å²) in [6, 6.07) is 10.2. The Kier molecular flexibility index (Phi) is 6.81. The first-order chi connectivity index (χ1) is 17.0. The van der Waals surface area contributed by atoms with Crippen LogP contribution < -0.4 is 15.8 Å². The quantitative estimate of drug-likeness (QED) is 0.516. The molecule has 2 fully saturated rings. The molecule has 2 aromatic heterocycles. The van der Waals surface area contributed by atoms with Crippen molar-refractivity contribution in [3.05, 3.63) is 52.6 Å². The number of hydrogen-bond acceptors (Lipinski definition) is 7. The van der Waals surface area contributed by atoms with Crippen LogP contribution in [0.3, 0.4) is 0 Å². The van der Waals surface area contributed by atoms with Gasteiger partial charge in [-0.15, -0.1) is 0 Å². The van der Waals surface area contributed by atoms with Gasteiger partial charge in [-0.1, -0.05) is 41.7 Å². The number of thiazole rings is 1. The average molecular weight is 495 g/mol. The van der Waals surface area contributed by atoms with E-state index >= 15 is 0 Å². The third-order valence-electron chi connectivity index (χ3n) is 6.69. The Bertz CT molecular complexity index is 1260. The molecule has 0 atom stereocenters. The van der Waals surface area contributed by atoms with Crippen molar-refractivity contribution < 1.29 is 9.59 Å². The Balaban J connectivity index is 1.25. The molecule has 2 amide bonds. The minimum Gasteiger partial charge on any atom is -0.353 e. The number of likely N-dealkylation sites (N-methyl/N-ethyl adjacent to an activating group) is 1. The Morgan fingerprint density at radius 2 is 1.89 bits per heavy atom. The van der Waals surface area contributed by atoms with E-state index in [4.69, 9.17) is 0 Å². The maximum Gasteiger partial charge on any atom is 0.273 e. The van der Waals surface area contributed by atoms with Crippen LogP contribution in [0.1, 0.15) is 38.2 Å². The van der Waals surface area contributed by atoms with Crippen LogP contribution in [-0.4, -0.2) is 56.9 Å². The van der Waals surface area contributed by atoms with Crippen LogP contribution in [0.25, 0.3) is 10.3 Å². The molecule has 0 spiro atoms. The van der Waals surface area contributed by atoms with Gasteiger partial charge in [-0.25, -0.2) is 4.98 Å². The third-order valence-corrected chi connectivity index (χ3v) is 7.78. The normalized spacial score (nSPS) is 16.4. The van der Waals surface area contributed by atoms with Gasteiger partial charge in [-0.05, 0) is 38.2 Å². The van der Waals surface area contributed by atoms with Gasteiger partial charge >= 0.3 is 0 Å². The van der Waals surface area contributed by atoms with Gasteiger partial charge in [0.05, 0.1) is 0 Å². The van der Waals surface area contributed by atoms with E-state index in [1.165, 1.54) is 22.2 Å². The van der Waals surface area contributed by atoms with Gasteiger partial charge in [0.1, 0.15) is 17.6 Å². The maximum absolute atomic E-state index is 13.1. The van der Waals surface area contributed by atoms with Gasteiger partial charge in [0, 0.05) is 38.1 Å². The molecule has 0 radical (unpaired) electrons. The summed E-state index contributed by atoms with van der Waals surface area (Å²) in [4.78, 5) is 51.2. The Morgan fingerprint density at radius 3 is 2.57 bits per heavy atom. The summed E-state index contributed by atoms with van der Waals surface area (Å²) in [7, 11) is 0. The van der Waals surface area contributed by atoms with E-state index in [1.54, 1.807) is 4.90 Å². The van der Waals surface area contributed by atoms with E-state index in [0.717, 1.165) is 49.5 Å². The minimum atomic E-state index is -0.249. The van der Waals surface area contributed by atoms with E-state index in [-0.39, 0.29) is 29.8 Å². The van der Waals surface area contributed by atoms with Crippen LogP contribution in [0.2, 0.25) is 0 Å². The summed E-state index contributed by atoms with van der Waals surface area (Å²) in [5.74, 6) is 0.0786. The van der Waals surface area contributed by atoms with E-state index in [9.17, 15) is 14.4 Å². The molecule has 1 aromatic carbocycles. The molecular weight excluding hydrogens is 464 g/mol. The number of aromatic nitrogens is 3. The number of amides is 2. The van der Waals surface area contributed by atoms with Crippen molar-refractivity contribution >= 4 is 38.6 Å². The first-order valence-corrected chi connectivity index (χ1v) is 13.1. The highest BCUT2D eigenvalue weighted by Gasteiger charge is 2.31. The molecular formula is C25H30N6O3S. The van der Waals surface area contributed by atoms with Crippen molar-refractivity contribution in [3.8, 4) is 0 Å². The fourth-order valence-corrected chi connectivity index (χ4v) is 5.41. The standard InChI is InChI=1S/C25H30N6O3S/c1-2-29(14-17-6-4-3-5-7-17)20(32)15-31-16-26-22-21(24(31)34)35-25(28-22)30-12-10-18(11-13-30)23(33)27-19-8-9-19/h3-7,16,18-19H,2,8-15H2,1H3,(H,27,33). The molecule has 0 unspecified atom stereocenters. The van der Waals surface area contributed by atoms with Crippen LogP contribution in [0, 0.1) is 5.92 Å². The first-order valence-electron chi connectivity index (χ1n) is 12.2. The number of piperidine rings is 1. The lowest BCUT2D eigenvalue weighted by atomic mass is 9.96. The van der Waals surface area contributed by atoms with Crippen LogP contribution in [0.4, 0.5) is 5.13 Å². The van der Waals surface area contributed by atoms with Crippen molar-refractivity contribution in [2.45, 2.75) is 51.7 Å². The number of nitrogens with zero attached hydrogens (tertiary/aromatic N) is 5. The minimum absolute atomic E-state index is 0.0417. The molecule has 5 rings (SSSR count). The number of anilines is 1. The molecule has 1 saturated heterocycles. The number of benzene rings is 1. The molecule has 1 aliphatic heterocycles. The van der Waals surface area contributed by atoms with Gasteiger partial charge in [0.25, 0.3) is 5.56 Å². The number of rotatable bonds is 8. The topological polar surface area (TPSA) is 100 Å². The van der Waals surface area contributed by atoms with Crippen molar-refractivity contribution in [3.63, 3.8) is 0 Å². The monoisotopic (exact) mass is 494 g/mol. The summed E-state index contributed by atoms with van der Waals surface area (Å²) < 4.78 is 1.82. The van der Waals surface area contributed by atoms with Gasteiger partial charge < -0.3 is 15.1 Å². The zero-order valence-electron chi connectivity index (χ0n) is 19.9. The molecule has 3 heterocycles. The van der Waals surface area contributed by atoms with E-state index in [1.807, 2.05) is 37.3 Å². The molecule has 1 saturated carbocycles. The highest BCUT2D eigenvalue weighted by Crippen LogP contribution is 2.30. The number of carbonyl (C=O) groups excluding carboxylic acids is 2. The Labute approximate surface area is 207 Å². The number of carbonyl (C=O) groups is 2. The second kappa shape index (κ2) is 10.2. The van der Waals surface area contributed by atoms with Gasteiger partial charge in [0.15, 0.2) is 10.8 Å². The van der Waals surface area contributed by atoms with E-state index in [0.29, 0.717) is 29.5 Å². The second-order valence-electron chi connectivity index (χ2n) is 9.26. The van der Waals surface area contributed by atoms with Crippen LogP contribution in [0.15, 0.2) is 41.5 Å². The number of fused-ring (bicyclic) bond motifs is 1. The number of hydrogen-bond donors (Lipinski definition) is 1. The summed E-state index contributed by atoms with van der Waals surface area (Å²) in [6.07, 6.45) is 5.15. The summed E-state index contributed by atoms with van der Waals surface area (Å²) in [6.45, 7) is 4.37. The van der Waals surface area contributed by atoms with Crippen molar-refractivity contribution in [1.29, 1.82) is 0 Å². The molecule has 2 aliphatic rings. The number of nitrogens with one attached hydrogen (secondary N) is 1. The second-order valence-corrected chi connectivity index (χ2v) is 10.2. The maximum atomic E-state index is 13.1. The molecule has 1 aliphatic carbocycles. The predicted molar refractivity (Wildman–Crippen MR) is 135 cm³/mol. The smallest absolute Gasteiger partial charge is 0.273 e. The van der Waals surface area contributed by atoms with Crippen LogP contribution >= 0.6 is 11.3 Å². The lowest BCUT2D eigenvalue weighted by Gasteiger charge is -2.30. The summed E-state index contributed by atoms with van der Waals surface area (Å²) in [5, 5.41) is 3.84. The highest BCUT2D eigenvalue weighted by molar-refractivity contribution is 7.22. The third kappa shape index (κ3) is 5.37. The van der Waals surface area contributed by atoms with Gasteiger partial charge in [-0.2, -0.15) is 4.98 Å². The molecule has 10 heteroatoms. The van der Waals surface area contributed by atoms with Crippen molar-refractivity contribution in [1.82, 2.24) is 24.8 Å². The zero-order valence-corrected chi connectivity index (χ0v) is 20.7. The van der Waals surface area contributed by atoms with Crippen molar-refractivity contribution in [2.24, 2.45) is 5.92 Å².